The lowest BCUT2D eigenvalue weighted by atomic mass is 10.1. The standard InChI is InChI=1S/C15H17ClN2O/c1-2-3-4-9-17-15(19)12-5-7-13-11(10-12)6-8-14(16)18-13/h5-8,10H,2-4,9H2,1H3,(H,17,19). The van der Waals surface area contributed by atoms with Gasteiger partial charge in [0.05, 0.1) is 5.52 Å². The number of pyridine rings is 1. The van der Waals surface area contributed by atoms with Gasteiger partial charge in [-0.25, -0.2) is 4.98 Å². The van der Waals surface area contributed by atoms with E-state index in [1.165, 1.54) is 0 Å². The summed E-state index contributed by atoms with van der Waals surface area (Å²) < 4.78 is 0. The van der Waals surface area contributed by atoms with E-state index in [9.17, 15) is 4.79 Å². The number of nitrogens with one attached hydrogen (secondary N) is 1. The molecule has 0 unspecified atom stereocenters. The molecule has 2 aromatic rings. The van der Waals surface area contributed by atoms with Crippen molar-refractivity contribution in [2.75, 3.05) is 6.54 Å². The molecule has 0 saturated carbocycles. The van der Waals surface area contributed by atoms with E-state index >= 15 is 0 Å². The first-order chi connectivity index (χ1) is 9.20. The summed E-state index contributed by atoms with van der Waals surface area (Å²) in [7, 11) is 0. The number of halogens is 1. The molecule has 0 atom stereocenters. The number of carbonyl (C=O) groups excluding carboxylic acids is 1. The Morgan fingerprint density at radius 1 is 1.26 bits per heavy atom. The molecule has 1 aromatic carbocycles. The second-order valence-corrected chi connectivity index (χ2v) is 4.89. The Bertz CT molecular complexity index is 583. The summed E-state index contributed by atoms with van der Waals surface area (Å²) in [6, 6.07) is 9.04. The highest BCUT2D eigenvalue weighted by Gasteiger charge is 2.06. The van der Waals surface area contributed by atoms with E-state index < -0.39 is 0 Å². The van der Waals surface area contributed by atoms with E-state index in [2.05, 4.69) is 17.2 Å². The molecule has 0 aliphatic rings. The summed E-state index contributed by atoms with van der Waals surface area (Å²) in [5.41, 5.74) is 1.46. The van der Waals surface area contributed by atoms with Crippen LogP contribution in [0.1, 0.15) is 36.5 Å². The summed E-state index contributed by atoms with van der Waals surface area (Å²) in [5.74, 6) is -0.0343. The highest BCUT2D eigenvalue weighted by molar-refractivity contribution is 6.29. The third-order valence-corrected chi connectivity index (χ3v) is 3.19. The zero-order valence-electron chi connectivity index (χ0n) is 10.9. The zero-order chi connectivity index (χ0) is 13.7. The Balaban J connectivity index is 2.08. The molecule has 1 amide bonds. The molecule has 1 N–H and O–H groups in total. The topological polar surface area (TPSA) is 42.0 Å². The Kier molecular flexibility index (Phi) is 4.74. The molecule has 1 heterocycles. The molecule has 19 heavy (non-hydrogen) atoms. The number of unbranched alkanes of at least 4 members (excludes halogenated alkanes) is 2. The van der Waals surface area contributed by atoms with Gasteiger partial charge in [-0.2, -0.15) is 0 Å². The maximum Gasteiger partial charge on any atom is 0.251 e. The first-order valence-electron chi connectivity index (χ1n) is 6.55. The molecule has 100 valence electrons. The minimum absolute atomic E-state index is 0.0343. The molecule has 3 nitrogen and oxygen atoms in total. The van der Waals surface area contributed by atoms with Crippen LogP contribution >= 0.6 is 11.6 Å². The Labute approximate surface area is 118 Å². The van der Waals surface area contributed by atoms with Crippen LogP contribution in [0, 0.1) is 0 Å². The van der Waals surface area contributed by atoms with E-state index in [0.717, 1.165) is 36.7 Å². The number of rotatable bonds is 5. The number of amides is 1. The quantitative estimate of drug-likeness (QED) is 0.666. The number of hydrogen-bond acceptors (Lipinski definition) is 2. The smallest absolute Gasteiger partial charge is 0.251 e. The van der Waals surface area contributed by atoms with E-state index in [4.69, 9.17) is 11.6 Å². The maximum atomic E-state index is 12.0. The van der Waals surface area contributed by atoms with Gasteiger partial charge in [0.1, 0.15) is 5.15 Å². The molecular formula is C15H17ClN2O. The van der Waals surface area contributed by atoms with E-state index in [1.807, 2.05) is 18.2 Å². The molecule has 1 aromatic heterocycles. The second kappa shape index (κ2) is 6.53. The Morgan fingerprint density at radius 3 is 2.89 bits per heavy atom. The maximum absolute atomic E-state index is 12.0. The minimum Gasteiger partial charge on any atom is -0.352 e. The van der Waals surface area contributed by atoms with Crippen LogP contribution in [-0.4, -0.2) is 17.4 Å². The zero-order valence-corrected chi connectivity index (χ0v) is 11.7. The van der Waals surface area contributed by atoms with Crippen LogP contribution in [0.25, 0.3) is 10.9 Å². The summed E-state index contributed by atoms with van der Waals surface area (Å²) in [5, 5.41) is 4.31. The van der Waals surface area contributed by atoms with Crippen molar-refractivity contribution in [2.45, 2.75) is 26.2 Å². The average Bonchev–Trinajstić information content (AvgIpc) is 2.42. The van der Waals surface area contributed by atoms with Crippen LogP contribution in [0.15, 0.2) is 30.3 Å². The SMILES string of the molecule is CCCCCNC(=O)c1ccc2nc(Cl)ccc2c1. The summed E-state index contributed by atoms with van der Waals surface area (Å²) >= 11 is 5.83. The fraction of sp³-hybridized carbons (Fsp3) is 0.333. The molecular weight excluding hydrogens is 260 g/mol. The lowest BCUT2D eigenvalue weighted by Crippen LogP contribution is -2.24. The highest BCUT2D eigenvalue weighted by atomic mass is 35.5. The molecule has 0 spiro atoms. The molecule has 0 fully saturated rings. The van der Waals surface area contributed by atoms with Gasteiger partial charge in [0, 0.05) is 17.5 Å². The van der Waals surface area contributed by atoms with Gasteiger partial charge in [-0.3, -0.25) is 4.79 Å². The predicted molar refractivity (Wildman–Crippen MR) is 78.6 cm³/mol. The van der Waals surface area contributed by atoms with Crippen molar-refractivity contribution in [1.29, 1.82) is 0 Å². The number of benzene rings is 1. The molecule has 0 radical (unpaired) electrons. The van der Waals surface area contributed by atoms with Gasteiger partial charge >= 0.3 is 0 Å². The summed E-state index contributed by atoms with van der Waals surface area (Å²) in [4.78, 5) is 16.2. The van der Waals surface area contributed by atoms with E-state index in [0.29, 0.717) is 10.7 Å². The Hall–Kier alpha value is -1.61. The number of fused-ring (bicyclic) bond motifs is 1. The van der Waals surface area contributed by atoms with Gasteiger partial charge < -0.3 is 5.32 Å². The largest absolute Gasteiger partial charge is 0.352 e. The second-order valence-electron chi connectivity index (χ2n) is 4.50. The molecule has 4 heteroatoms. The van der Waals surface area contributed by atoms with Crippen molar-refractivity contribution in [3.05, 3.63) is 41.0 Å². The lowest BCUT2D eigenvalue weighted by Gasteiger charge is -2.06. The fourth-order valence-corrected chi connectivity index (χ4v) is 2.07. The van der Waals surface area contributed by atoms with Crippen LogP contribution in [0.2, 0.25) is 5.15 Å². The van der Waals surface area contributed by atoms with Gasteiger partial charge in [0.15, 0.2) is 0 Å². The number of carbonyl (C=O) groups is 1. The van der Waals surface area contributed by atoms with Crippen molar-refractivity contribution >= 4 is 28.4 Å². The molecule has 0 aliphatic carbocycles. The summed E-state index contributed by atoms with van der Waals surface area (Å²) in [6.07, 6.45) is 3.31. The summed E-state index contributed by atoms with van der Waals surface area (Å²) in [6.45, 7) is 2.87. The van der Waals surface area contributed by atoms with E-state index in [1.54, 1.807) is 12.1 Å². The fourth-order valence-electron chi connectivity index (χ4n) is 1.92. The normalized spacial score (nSPS) is 10.6. The first-order valence-corrected chi connectivity index (χ1v) is 6.93. The van der Waals surface area contributed by atoms with Crippen LogP contribution < -0.4 is 5.32 Å². The average molecular weight is 277 g/mol. The number of nitrogens with zero attached hydrogens (tertiary/aromatic N) is 1. The van der Waals surface area contributed by atoms with Crippen molar-refractivity contribution in [1.82, 2.24) is 10.3 Å². The van der Waals surface area contributed by atoms with Crippen LogP contribution in [0.4, 0.5) is 0 Å². The highest BCUT2D eigenvalue weighted by Crippen LogP contribution is 2.17. The number of hydrogen-bond donors (Lipinski definition) is 1. The van der Waals surface area contributed by atoms with Crippen molar-refractivity contribution in [3.8, 4) is 0 Å². The monoisotopic (exact) mass is 276 g/mol. The van der Waals surface area contributed by atoms with E-state index in [-0.39, 0.29) is 5.91 Å². The third kappa shape index (κ3) is 3.67. The van der Waals surface area contributed by atoms with Crippen LogP contribution in [0.3, 0.4) is 0 Å². The molecule has 0 saturated heterocycles. The van der Waals surface area contributed by atoms with Gasteiger partial charge in [-0.1, -0.05) is 31.4 Å². The first kappa shape index (κ1) is 13.8. The van der Waals surface area contributed by atoms with Crippen molar-refractivity contribution in [2.24, 2.45) is 0 Å². The molecule has 2 rings (SSSR count). The van der Waals surface area contributed by atoms with Crippen molar-refractivity contribution < 1.29 is 4.79 Å². The number of aromatic nitrogens is 1. The van der Waals surface area contributed by atoms with Crippen LogP contribution in [0.5, 0.6) is 0 Å². The Morgan fingerprint density at radius 2 is 2.11 bits per heavy atom. The van der Waals surface area contributed by atoms with Gasteiger partial charge in [-0.05, 0) is 36.8 Å². The third-order valence-electron chi connectivity index (χ3n) is 2.98. The van der Waals surface area contributed by atoms with Gasteiger partial charge in [0.25, 0.3) is 5.91 Å². The van der Waals surface area contributed by atoms with Gasteiger partial charge in [0.2, 0.25) is 0 Å². The lowest BCUT2D eigenvalue weighted by molar-refractivity contribution is 0.0953. The molecule has 0 bridgehead atoms. The molecule has 0 aliphatic heterocycles. The minimum atomic E-state index is -0.0343. The predicted octanol–water partition coefficient (Wildman–Crippen LogP) is 3.81. The van der Waals surface area contributed by atoms with Crippen molar-refractivity contribution in [3.63, 3.8) is 0 Å². The van der Waals surface area contributed by atoms with Crippen LogP contribution in [-0.2, 0) is 0 Å². The van der Waals surface area contributed by atoms with Gasteiger partial charge in [-0.15, -0.1) is 0 Å².